The summed E-state index contributed by atoms with van der Waals surface area (Å²) in [6, 6.07) is 8.74. The van der Waals surface area contributed by atoms with Crippen molar-refractivity contribution in [2.45, 2.75) is 34.3 Å². The maximum atomic E-state index is 12.0. The molecule has 0 unspecified atom stereocenters. The summed E-state index contributed by atoms with van der Waals surface area (Å²) in [5.74, 6) is -0.899. The number of carbonyl (C=O) groups is 3. The van der Waals surface area contributed by atoms with Crippen LogP contribution in [0.5, 0.6) is 0 Å². The molecule has 142 valence electrons. The van der Waals surface area contributed by atoms with Gasteiger partial charge < -0.3 is 10.1 Å². The third-order valence-corrected chi connectivity index (χ3v) is 4.89. The highest BCUT2D eigenvalue weighted by atomic mass is 79.9. The number of esters is 1. The number of benzene rings is 2. The van der Waals surface area contributed by atoms with Crippen LogP contribution in [0.25, 0.3) is 0 Å². The summed E-state index contributed by atoms with van der Waals surface area (Å²) < 4.78 is 6.17. The predicted octanol–water partition coefficient (Wildman–Crippen LogP) is 4.05. The van der Waals surface area contributed by atoms with Crippen molar-refractivity contribution in [2.75, 3.05) is 6.54 Å². The van der Waals surface area contributed by atoms with Crippen LogP contribution in [0.2, 0.25) is 0 Å². The van der Waals surface area contributed by atoms with Crippen LogP contribution >= 0.6 is 15.9 Å². The van der Waals surface area contributed by atoms with Crippen molar-refractivity contribution >= 4 is 33.6 Å². The van der Waals surface area contributed by atoms with E-state index in [9.17, 15) is 14.4 Å². The zero-order valence-electron chi connectivity index (χ0n) is 15.8. The quantitative estimate of drug-likeness (QED) is 0.552. The molecule has 0 saturated heterocycles. The van der Waals surface area contributed by atoms with E-state index in [2.05, 4.69) is 21.2 Å². The van der Waals surface area contributed by atoms with Crippen LogP contribution in [0.4, 0.5) is 0 Å². The van der Waals surface area contributed by atoms with Crippen molar-refractivity contribution in [1.29, 1.82) is 0 Å². The van der Waals surface area contributed by atoms with Crippen LogP contribution in [-0.2, 0) is 16.1 Å². The Bertz CT molecular complexity index is 888. The molecule has 2 rings (SSSR count). The lowest BCUT2D eigenvalue weighted by molar-refractivity contribution is -0.143. The highest BCUT2D eigenvalue weighted by Gasteiger charge is 2.16. The number of amides is 1. The lowest BCUT2D eigenvalue weighted by Gasteiger charge is -2.16. The fourth-order valence-corrected chi connectivity index (χ4v) is 3.31. The second-order valence-corrected chi connectivity index (χ2v) is 7.31. The molecule has 0 aliphatic rings. The lowest BCUT2D eigenvalue weighted by atomic mass is 9.92. The number of hydrogen-bond acceptors (Lipinski definition) is 4. The summed E-state index contributed by atoms with van der Waals surface area (Å²) in [7, 11) is 0. The average molecular weight is 432 g/mol. The fourth-order valence-electron chi connectivity index (χ4n) is 3.05. The number of nitrogens with one attached hydrogen (secondary N) is 1. The maximum absolute atomic E-state index is 12.0. The van der Waals surface area contributed by atoms with Crippen molar-refractivity contribution in [3.63, 3.8) is 0 Å². The number of aryl methyl sites for hydroxylation is 2. The molecule has 0 atom stereocenters. The van der Waals surface area contributed by atoms with Crippen LogP contribution in [-0.4, -0.2) is 24.2 Å². The van der Waals surface area contributed by atoms with Crippen LogP contribution in [0.3, 0.4) is 0 Å². The molecule has 2 aromatic rings. The second kappa shape index (κ2) is 8.95. The second-order valence-electron chi connectivity index (χ2n) is 6.40. The molecule has 5 nitrogen and oxygen atoms in total. The van der Waals surface area contributed by atoms with Gasteiger partial charge in [-0.2, -0.15) is 0 Å². The van der Waals surface area contributed by atoms with Gasteiger partial charge in [-0.3, -0.25) is 14.4 Å². The lowest BCUT2D eigenvalue weighted by Crippen LogP contribution is -2.30. The van der Waals surface area contributed by atoms with Crippen molar-refractivity contribution in [3.8, 4) is 0 Å². The standard InChI is InChI=1S/C21H22BrNO4/c1-12-9-13(2)20(15(4)24)14(3)18(12)11-27-19(25)10-23-21(26)16-5-7-17(22)8-6-16/h5-9H,10-11H2,1-4H3,(H,23,26). The van der Waals surface area contributed by atoms with Gasteiger partial charge in [0.25, 0.3) is 5.91 Å². The van der Waals surface area contributed by atoms with Gasteiger partial charge in [-0.25, -0.2) is 0 Å². The first-order valence-corrected chi connectivity index (χ1v) is 9.30. The van der Waals surface area contributed by atoms with E-state index in [0.29, 0.717) is 11.1 Å². The molecule has 0 aliphatic heterocycles. The normalized spacial score (nSPS) is 10.4. The molecule has 0 saturated carbocycles. The van der Waals surface area contributed by atoms with E-state index in [-0.39, 0.29) is 24.8 Å². The fraction of sp³-hybridized carbons (Fsp3) is 0.286. The molecule has 6 heteroatoms. The summed E-state index contributed by atoms with van der Waals surface area (Å²) in [5.41, 5.74) is 4.64. The van der Waals surface area contributed by atoms with Gasteiger partial charge in [0, 0.05) is 15.6 Å². The van der Waals surface area contributed by atoms with Gasteiger partial charge in [-0.15, -0.1) is 0 Å². The molecule has 1 N–H and O–H groups in total. The topological polar surface area (TPSA) is 72.5 Å². The molecule has 0 spiro atoms. The Morgan fingerprint density at radius 3 is 2.26 bits per heavy atom. The molecular weight excluding hydrogens is 410 g/mol. The minimum atomic E-state index is -0.538. The minimum absolute atomic E-state index is 0.0145. The highest BCUT2D eigenvalue weighted by molar-refractivity contribution is 9.10. The summed E-state index contributed by atoms with van der Waals surface area (Å²) in [4.78, 5) is 35.9. The van der Waals surface area contributed by atoms with Crippen LogP contribution in [0, 0.1) is 20.8 Å². The monoisotopic (exact) mass is 431 g/mol. The third-order valence-electron chi connectivity index (χ3n) is 4.36. The Hall–Kier alpha value is -2.47. The molecule has 1 amide bonds. The zero-order chi connectivity index (χ0) is 20.1. The Balaban J connectivity index is 1.98. The number of halogens is 1. The number of carbonyl (C=O) groups excluding carboxylic acids is 3. The molecular formula is C21H22BrNO4. The third kappa shape index (κ3) is 5.26. The van der Waals surface area contributed by atoms with E-state index in [1.807, 2.05) is 26.8 Å². The van der Waals surface area contributed by atoms with Crippen LogP contribution < -0.4 is 5.32 Å². The van der Waals surface area contributed by atoms with Gasteiger partial charge in [0.05, 0.1) is 0 Å². The van der Waals surface area contributed by atoms with Crippen LogP contribution in [0.15, 0.2) is 34.8 Å². The van der Waals surface area contributed by atoms with Gasteiger partial charge in [-0.05, 0) is 74.2 Å². The number of rotatable bonds is 6. The van der Waals surface area contributed by atoms with E-state index in [1.54, 1.807) is 24.3 Å². The molecule has 0 bridgehead atoms. The van der Waals surface area contributed by atoms with E-state index < -0.39 is 5.97 Å². The van der Waals surface area contributed by atoms with Crippen LogP contribution in [0.1, 0.15) is 49.9 Å². The largest absolute Gasteiger partial charge is 0.459 e. The SMILES string of the molecule is CC(=O)c1c(C)cc(C)c(COC(=O)CNC(=O)c2ccc(Br)cc2)c1C. The highest BCUT2D eigenvalue weighted by Crippen LogP contribution is 2.23. The minimum Gasteiger partial charge on any atom is -0.459 e. The number of ether oxygens (including phenoxy) is 1. The summed E-state index contributed by atoms with van der Waals surface area (Å²) >= 11 is 3.30. The molecule has 0 heterocycles. The first-order valence-electron chi connectivity index (χ1n) is 8.50. The van der Waals surface area contributed by atoms with E-state index in [1.165, 1.54) is 6.92 Å². The first-order chi connectivity index (χ1) is 12.7. The van der Waals surface area contributed by atoms with Gasteiger partial charge in [0.15, 0.2) is 5.78 Å². The van der Waals surface area contributed by atoms with Crippen molar-refractivity contribution < 1.29 is 19.1 Å². The number of ketones is 1. The predicted molar refractivity (Wildman–Crippen MR) is 107 cm³/mol. The molecule has 0 radical (unpaired) electrons. The Labute approximate surface area is 167 Å². The first kappa shape index (κ1) is 20.8. The van der Waals surface area contributed by atoms with Gasteiger partial charge in [0.2, 0.25) is 0 Å². The van der Waals surface area contributed by atoms with Gasteiger partial charge in [0.1, 0.15) is 13.2 Å². The average Bonchev–Trinajstić information content (AvgIpc) is 2.59. The molecule has 0 aliphatic carbocycles. The molecule has 27 heavy (non-hydrogen) atoms. The maximum Gasteiger partial charge on any atom is 0.325 e. The van der Waals surface area contributed by atoms with Crippen molar-refractivity contribution in [3.05, 3.63) is 68.2 Å². The molecule has 0 fully saturated rings. The molecule has 2 aromatic carbocycles. The number of hydrogen-bond donors (Lipinski definition) is 1. The summed E-state index contributed by atoms with van der Waals surface area (Å²) in [6.45, 7) is 7.03. The van der Waals surface area contributed by atoms with Crippen molar-refractivity contribution in [1.82, 2.24) is 5.32 Å². The number of Topliss-reactive ketones (excluding diaryl/α,β-unsaturated/α-hetero) is 1. The summed E-state index contributed by atoms with van der Waals surface area (Å²) in [6.07, 6.45) is 0. The summed E-state index contributed by atoms with van der Waals surface area (Å²) in [5, 5.41) is 2.54. The Morgan fingerprint density at radius 1 is 1.04 bits per heavy atom. The van der Waals surface area contributed by atoms with E-state index in [4.69, 9.17) is 4.74 Å². The van der Waals surface area contributed by atoms with E-state index in [0.717, 1.165) is 26.7 Å². The smallest absolute Gasteiger partial charge is 0.325 e. The van der Waals surface area contributed by atoms with E-state index >= 15 is 0 Å². The van der Waals surface area contributed by atoms with Gasteiger partial charge >= 0.3 is 5.97 Å². The Kier molecular flexibility index (Phi) is 6.91. The zero-order valence-corrected chi connectivity index (χ0v) is 17.4. The van der Waals surface area contributed by atoms with Gasteiger partial charge in [-0.1, -0.05) is 22.0 Å². The Morgan fingerprint density at radius 2 is 1.67 bits per heavy atom. The van der Waals surface area contributed by atoms with Crippen molar-refractivity contribution in [2.24, 2.45) is 0 Å². The molecule has 0 aromatic heterocycles.